The number of hydrogen-bond donors (Lipinski definition) is 2. The van der Waals surface area contributed by atoms with E-state index < -0.39 is 11.9 Å². The van der Waals surface area contributed by atoms with Gasteiger partial charge in [-0.3, -0.25) is 9.59 Å². The highest BCUT2D eigenvalue weighted by Crippen LogP contribution is 2.14. The zero-order chi connectivity index (χ0) is 24.5. The average molecular weight is 470 g/mol. The van der Waals surface area contributed by atoms with E-state index in [2.05, 4.69) is 31.3 Å². The van der Waals surface area contributed by atoms with Crippen LogP contribution in [0, 0.1) is 0 Å². The molecule has 2 aromatic heterocycles. The van der Waals surface area contributed by atoms with Gasteiger partial charge in [-0.2, -0.15) is 0 Å². The van der Waals surface area contributed by atoms with Gasteiger partial charge in [0.25, 0.3) is 0 Å². The Balaban J connectivity index is 1.48. The largest absolute Gasteiger partial charge is 0.461 e. The Morgan fingerprint density at radius 2 is 1.12 bits per heavy atom. The highest BCUT2D eigenvalue weighted by atomic mass is 16.5. The molecule has 0 aliphatic carbocycles. The van der Waals surface area contributed by atoms with Gasteiger partial charge in [-0.1, -0.05) is 10.4 Å². The summed E-state index contributed by atoms with van der Waals surface area (Å²) in [4.78, 5) is 47.6. The summed E-state index contributed by atoms with van der Waals surface area (Å²) < 4.78 is 12.1. The predicted octanol–water partition coefficient (Wildman–Crippen LogP) is 0.500. The van der Waals surface area contributed by atoms with Gasteiger partial charge in [0.2, 0.25) is 11.8 Å². The molecule has 2 amide bonds. The Morgan fingerprint density at radius 3 is 1.47 bits per heavy atom. The summed E-state index contributed by atoms with van der Waals surface area (Å²) in [5, 5.41) is 20.1. The molecule has 0 fully saturated rings. The number of anilines is 2. The number of nitrogens with one attached hydrogen (secondary N) is 2. The van der Waals surface area contributed by atoms with Gasteiger partial charge in [0.15, 0.2) is 11.4 Å². The summed E-state index contributed by atoms with van der Waals surface area (Å²) in [5.41, 5.74) is 1.00. The number of ether oxygens (including phenoxy) is 2. The van der Waals surface area contributed by atoms with E-state index in [9.17, 15) is 19.2 Å². The Morgan fingerprint density at radius 1 is 0.735 bits per heavy atom. The molecular formula is C20H22N8O6. The van der Waals surface area contributed by atoms with Crippen molar-refractivity contribution in [1.82, 2.24) is 30.0 Å². The van der Waals surface area contributed by atoms with Gasteiger partial charge in [-0.05, 0) is 38.1 Å². The molecule has 1 aromatic carbocycles. The molecule has 178 valence electrons. The van der Waals surface area contributed by atoms with Crippen molar-refractivity contribution in [1.29, 1.82) is 0 Å². The molecule has 0 saturated heterocycles. The first-order chi connectivity index (χ1) is 16.4. The number of amides is 2. The van der Waals surface area contributed by atoms with Crippen LogP contribution in [0.25, 0.3) is 0 Å². The van der Waals surface area contributed by atoms with Gasteiger partial charge in [-0.25, -0.2) is 19.0 Å². The minimum atomic E-state index is -0.616. The van der Waals surface area contributed by atoms with Crippen molar-refractivity contribution in [2.75, 3.05) is 23.8 Å². The Kier molecular flexibility index (Phi) is 7.99. The first-order valence-corrected chi connectivity index (χ1v) is 10.2. The summed E-state index contributed by atoms with van der Waals surface area (Å²) >= 11 is 0. The van der Waals surface area contributed by atoms with Crippen LogP contribution < -0.4 is 10.6 Å². The quantitative estimate of drug-likeness (QED) is 0.397. The Bertz CT molecular complexity index is 1080. The number of carbonyl (C=O) groups excluding carboxylic acids is 4. The number of rotatable bonds is 10. The summed E-state index contributed by atoms with van der Waals surface area (Å²) in [6.45, 7) is 3.45. The van der Waals surface area contributed by atoms with Gasteiger partial charge in [0.1, 0.15) is 13.1 Å². The molecule has 3 aromatic rings. The molecular weight excluding hydrogens is 448 g/mol. The minimum absolute atomic E-state index is 0.0118. The fourth-order valence-electron chi connectivity index (χ4n) is 2.68. The van der Waals surface area contributed by atoms with E-state index in [0.717, 1.165) is 0 Å². The summed E-state index contributed by atoms with van der Waals surface area (Å²) in [6, 6.07) is 6.42. The maximum atomic E-state index is 12.2. The van der Waals surface area contributed by atoms with Gasteiger partial charge >= 0.3 is 11.9 Å². The molecule has 0 aliphatic rings. The zero-order valence-electron chi connectivity index (χ0n) is 18.4. The third-order valence-electron chi connectivity index (χ3n) is 4.11. The first-order valence-electron chi connectivity index (χ1n) is 10.2. The highest BCUT2D eigenvalue weighted by Gasteiger charge is 2.14. The molecule has 3 rings (SSSR count). The predicted molar refractivity (Wildman–Crippen MR) is 116 cm³/mol. The van der Waals surface area contributed by atoms with Crippen LogP contribution in [-0.4, -0.2) is 67.0 Å². The van der Waals surface area contributed by atoms with Gasteiger partial charge in [-0.15, -0.1) is 10.2 Å². The molecule has 2 heterocycles. The lowest BCUT2D eigenvalue weighted by molar-refractivity contribution is -0.117. The van der Waals surface area contributed by atoms with E-state index in [0.29, 0.717) is 11.4 Å². The molecule has 14 nitrogen and oxygen atoms in total. The Hall–Kier alpha value is -4.62. The van der Waals surface area contributed by atoms with Crippen LogP contribution in [0.2, 0.25) is 0 Å². The number of aromatic nitrogens is 6. The SMILES string of the molecule is CCOC(=O)c1cn(CC(=O)Nc2ccc(NC(=O)Cn3cc(C(=O)OCC)nn3)cc2)nn1. The molecule has 14 heteroatoms. The molecule has 0 radical (unpaired) electrons. The maximum absolute atomic E-state index is 12.2. The second-order valence-corrected chi connectivity index (χ2v) is 6.72. The van der Waals surface area contributed by atoms with Crippen molar-refractivity contribution in [3.8, 4) is 0 Å². The lowest BCUT2D eigenvalue weighted by Gasteiger charge is -2.08. The van der Waals surface area contributed by atoms with Crippen molar-refractivity contribution in [2.24, 2.45) is 0 Å². The third-order valence-corrected chi connectivity index (χ3v) is 4.11. The highest BCUT2D eigenvalue weighted by molar-refractivity contribution is 5.93. The van der Waals surface area contributed by atoms with E-state index in [1.165, 1.54) is 21.8 Å². The number of nitrogens with zero attached hydrogens (tertiary/aromatic N) is 6. The van der Waals surface area contributed by atoms with Crippen LogP contribution in [0.1, 0.15) is 34.8 Å². The number of carbonyl (C=O) groups is 4. The molecule has 0 unspecified atom stereocenters. The number of hydrogen-bond acceptors (Lipinski definition) is 10. The molecule has 2 N–H and O–H groups in total. The fourth-order valence-corrected chi connectivity index (χ4v) is 2.68. The second-order valence-electron chi connectivity index (χ2n) is 6.72. The van der Waals surface area contributed by atoms with E-state index in [1.54, 1.807) is 38.1 Å². The summed E-state index contributed by atoms with van der Waals surface area (Å²) in [5.74, 6) is -2.01. The third kappa shape index (κ3) is 6.69. The number of esters is 2. The van der Waals surface area contributed by atoms with Crippen molar-refractivity contribution in [2.45, 2.75) is 26.9 Å². The van der Waals surface area contributed by atoms with E-state index in [4.69, 9.17) is 9.47 Å². The maximum Gasteiger partial charge on any atom is 0.360 e. The lowest BCUT2D eigenvalue weighted by Crippen LogP contribution is -2.20. The van der Waals surface area contributed by atoms with E-state index >= 15 is 0 Å². The first kappa shape index (κ1) is 24.0. The molecule has 0 spiro atoms. The lowest BCUT2D eigenvalue weighted by atomic mass is 10.2. The van der Waals surface area contributed by atoms with Crippen LogP contribution in [-0.2, 0) is 32.2 Å². The molecule has 0 bridgehead atoms. The van der Waals surface area contributed by atoms with Gasteiger partial charge in [0, 0.05) is 11.4 Å². The summed E-state index contributed by atoms with van der Waals surface area (Å²) in [6.07, 6.45) is 2.64. The number of benzene rings is 1. The van der Waals surface area contributed by atoms with Crippen molar-refractivity contribution >= 4 is 35.1 Å². The Labute approximate surface area is 193 Å². The zero-order valence-corrected chi connectivity index (χ0v) is 18.4. The van der Waals surface area contributed by atoms with E-state index in [-0.39, 0.29) is 49.5 Å². The van der Waals surface area contributed by atoms with Crippen LogP contribution in [0.3, 0.4) is 0 Å². The molecule has 0 atom stereocenters. The second kappa shape index (κ2) is 11.3. The van der Waals surface area contributed by atoms with Crippen LogP contribution >= 0.6 is 0 Å². The van der Waals surface area contributed by atoms with Gasteiger partial charge < -0.3 is 20.1 Å². The summed E-state index contributed by atoms with van der Waals surface area (Å²) in [7, 11) is 0. The standard InChI is InChI=1S/C20H22N8O6/c1-3-33-19(31)15-9-27(25-23-15)11-17(29)21-13-5-7-14(8-6-13)22-18(30)12-28-10-16(24-26-28)20(32)34-4-2/h5-10H,3-4,11-12H2,1-2H3,(H,21,29)(H,22,30). The fraction of sp³-hybridized carbons (Fsp3) is 0.300. The molecule has 34 heavy (non-hydrogen) atoms. The normalized spacial score (nSPS) is 10.4. The van der Waals surface area contributed by atoms with Crippen molar-refractivity contribution in [3.63, 3.8) is 0 Å². The van der Waals surface area contributed by atoms with Crippen LogP contribution in [0.4, 0.5) is 11.4 Å². The molecule has 0 aliphatic heterocycles. The average Bonchev–Trinajstić information content (AvgIpc) is 3.45. The molecule has 0 saturated carbocycles. The van der Waals surface area contributed by atoms with Crippen molar-refractivity contribution in [3.05, 3.63) is 48.0 Å². The monoisotopic (exact) mass is 470 g/mol. The van der Waals surface area contributed by atoms with Crippen LogP contribution in [0.15, 0.2) is 36.7 Å². The van der Waals surface area contributed by atoms with Crippen LogP contribution in [0.5, 0.6) is 0 Å². The topological polar surface area (TPSA) is 172 Å². The smallest absolute Gasteiger partial charge is 0.360 e. The van der Waals surface area contributed by atoms with Gasteiger partial charge in [0.05, 0.1) is 25.6 Å². The van der Waals surface area contributed by atoms with E-state index in [1.807, 2.05) is 0 Å². The van der Waals surface area contributed by atoms with Crippen molar-refractivity contribution < 1.29 is 28.7 Å². The minimum Gasteiger partial charge on any atom is -0.461 e.